The summed E-state index contributed by atoms with van der Waals surface area (Å²) in [5.41, 5.74) is 7.22. The zero-order valence-corrected chi connectivity index (χ0v) is 8.56. The van der Waals surface area contributed by atoms with Crippen LogP contribution in [0.25, 0.3) is 0 Å². The van der Waals surface area contributed by atoms with Gasteiger partial charge in [-0.15, -0.1) is 12.4 Å². The van der Waals surface area contributed by atoms with Crippen molar-refractivity contribution in [1.82, 2.24) is 4.98 Å². The number of nitrogens with two attached hydrogens (primary N) is 1. The molecule has 13 heavy (non-hydrogen) atoms. The second-order valence-electron chi connectivity index (χ2n) is 3.03. The summed E-state index contributed by atoms with van der Waals surface area (Å²) >= 11 is 0. The van der Waals surface area contributed by atoms with Gasteiger partial charge in [0.15, 0.2) is 0 Å². The lowest BCUT2D eigenvalue weighted by Crippen LogP contribution is -2.14. The number of halogens is 1. The summed E-state index contributed by atoms with van der Waals surface area (Å²) < 4.78 is 0. The van der Waals surface area contributed by atoms with Crippen molar-refractivity contribution in [2.75, 3.05) is 0 Å². The van der Waals surface area contributed by atoms with Gasteiger partial charge in [0, 0.05) is 18.0 Å². The number of pyridine rings is 1. The van der Waals surface area contributed by atoms with E-state index in [4.69, 9.17) is 11.1 Å². The Bertz CT molecular complexity index is 297. The van der Waals surface area contributed by atoms with Crippen LogP contribution in [-0.2, 0) is 0 Å². The van der Waals surface area contributed by atoms with E-state index in [2.05, 4.69) is 18.8 Å². The van der Waals surface area contributed by atoms with Crippen molar-refractivity contribution < 1.29 is 0 Å². The number of nitrogen functional groups attached to an aromatic ring is 1. The third-order valence-corrected chi connectivity index (χ3v) is 1.77. The third-order valence-electron chi connectivity index (χ3n) is 1.77. The standard InChI is InChI=1S/C9H13N3.ClH/c1-6(2)7-3-4-12-5-8(7)9(10)11;/h3-6H,1-2H3,(H3,10,11);1H. The molecule has 0 fully saturated rings. The monoisotopic (exact) mass is 199 g/mol. The second-order valence-corrected chi connectivity index (χ2v) is 3.03. The van der Waals surface area contributed by atoms with Gasteiger partial charge in [-0.3, -0.25) is 10.4 Å². The number of amidine groups is 1. The van der Waals surface area contributed by atoms with Crippen molar-refractivity contribution in [3.05, 3.63) is 29.6 Å². The fourth-order valence-electron chi connectivity index (χ4n) is 1.13. The Morgan fingerprint density at radius 1 is 1.54 bits per heavy atom. The lowest BCUT2D eigenvalue weighted by atomic mass is 9.99. The largest absolute Gasteiger partial charge is 0.384 e. The number of rotatable bonds is 2. The van der Waals surface area contributed by atoms with E-state index in [0.717, 1.165) is 11.1 Å². The summed E-state index contributed by atoms with van der Waals surface area (Å²) in [5.74, 6) is 0.471. The summed E-state index contributed by atoms with van der Waals surface area (Å²) in [5, 5.41) is 7.31. The number of nitrogens with zero attached hydrogens (tertiary/aromatic N) is 1. The van der Waals surface area contributed by atoms with E-state index < -0.39 is 0 Å². The predicted molar refractivity (Wildman–Crippen MR) is 56.6 cm³/mol. The zero-order chi connectivity index (χ0) is 9.14. The first-order valence-electron chi connectivity index (χ1n) is 3.91. The van der Waals surface area contributed by atoms with Crippen LogP contribution < -0.4 is 5.73 Å². The number of nitrogens with one attached hydrogen (secondary N) is 1. The maximum absolute atomic E-state index is 7.31. The van der Waals surface area contributed by atoms with E-state index in [1.54, 1.807) is 12.4 Å². The Kier molecular flexibility index (Phi) is 4.42. The van der Waals surface area contributed by atoms with E-state index in [1.807, 2.05) is 6.07 Å². The quantitative estimate of drug-likeness (QED) is 0.565. The fourth-order valence-corrected chi connectivity index (χ4v) is 1.13. The second kappa shape index (κ2) is 4.82. The number of aromatic nitrogens is 1. The minimum absolute atomic E-state index is 0. The van der Waals surface area contributed by atoms with Gasteiger partial charge in [-0.1, -0.05) is 13.8 Å². The van der Waals surface area contributed by atoms with Gasteiger partial charge >= 0.3 is 0 Å². The minimum Gasteiger partial charge on any atom is -0.384 e. The van der Waals surface area contributed by atoms with E-state index in [9.17, 15) is 0 Å². The molecule has 1 rings (SSSR count). The van der Waals surface area contributed by atoms with E-state index >= 15 is 0 Å². The first-order chi connectivity index (χ1) is 5.63. The highest BCUT2D eigenvalue weighted by Crippen LogP contribution is 2.17. The molecule has 0 amide bonds. The van der Waals surface area contributed by atoms with Crippen LogP contribution in [0.1, 0.15) is 30.9 Å². The van der Waals surface area contributed by atoms with Gasteiger partial charge in [-0.2, -0.15) is 0 Å². The molecule has 0 aliphatic carbocycles. The molecule has 1 heterocycles. The van der Waals surface area contributed by atoms with Crippen LogP contribution in [0.5, 0.6) is 0 Å². The molecular weight excluding hydrogens is 186 g/mol. The predicted octanol–water partition coefficient (Wildman–Crippen LogP) is 1.91. The van der Waals surface area contributed by atoms with Gasteiger partial charge < -0.3 is 5.73 Å². The van der Waals surface area contributed by atoms with Crippen molar-refractivity contribution in [2.24, 2.45) is 5.73 Å². The van der Waals surface area contributed by atoms with Gasteiger partial charge in [-0.25, -0.2) is 0 Å². The molecule has 1 aromatic heterocycles. The number of hydrogen-bond acceptors (Lipinski definition) is 2. The summed E-state index contributed by atoms with van der Waals surface area (Å²) in [7, 11) is 0. The molecule has 0 aliphatic rings. The molecule has 0 spiro atoms. The Morgan fingerprint density at radius 2 is 2.15 bits per heavy atom. The molecule has 3 nitrogen and oxygen atoms in total. The van der Waals surface area contributed by atoms with Gasteiger partial charge in [0.05, 0.1) is 0 Å². The lowest BCUT2D eigenvalue weighted by molar-refractivity contribution is 0.859. The molecule has 0 saturated carbocycles. The maximum atomic E-state index is 7.31. The molecule has 72 valence electrons. The topological polar surface area (TPSA) is 62.8 Å². The lowest BCUT2D eigenvalue weighted by Gasteiger charge is -2.09. The molecule has 0 bridgehead atoms. The van der Waals surface area contributed by atoms with Crippen molar-refractivity contribution in [3.8, 4) is 0 Å². The molecule has 1 aromatic rings. The summed E-state index contributed by atoms with van der Waals surface area (Å²) in [4.78, 5) is 3.93. The normalized spacial score (nSPS) is 9.46. The van der Waals surface area contributed by atoms with Crippen LogP contribution >= 0.6 is 12.4 Å². The van der Waals surface area contributed by atoms with Crippen LogP contribution in [0.4, 0.5) is 0 Å². The smallest absolute Gasteiger partial charge is 0.124 e. The first-order valence-corrected chi connectivity index (χ1v) is 3.91. The molecule has 0 atom stereocenters. The zero-order valence-electron chi connectivity index (χ0n) is 7.74. The SMILES string of the molecule is CC(C)c1ccncc1C(=N)N.Cl. The summed E-state index contributed by atoms with van der Waals surface area (Å²) in [6.45, 7) is 4.14. The average Bonchev–Trinajstić information content (AvgIpc) is 2.04. The summed E-state index contributed by atoms with van der Waals surface area (Å²) in [6, 6.07) is 1.90. The summed E-state index contributed by atoms with van der Waals surface area (Å²) in [6.07, 6.45) is 3.36. The molecule has 0 aromatic carbocycles. The van der Waals surface area contributed by atoms with Crippen molar-refractivity contribution in [1.29, 1.82) is 5.41 Å². The van der Waals surface area contributed by atoms with Crippen molar-refractivity contribution >= 4 is 18.2 Å². The molecule has 0 unspecified atom stereocenters. The van der Waals surface area contributed by atoms with Crippen LogP contribution in [0.3, 0.4) is 0 Å². The molecule has 0 saturated heterocycles. The van der Waals surface area contributed by atoms with E-state index in [-0.39, 0.29) is 18.2 Å². The molecule has 3 N–H and O–H groups in total. The highest BCUT2D eigenvalue weighted by molar-refractivity contribution is 5.96. The fraction of sp³-hybridized carbons (Fsp3) is 0.333. The van der Waals surface area contributed by atoms with Crippen LogP contribution in [0.15, 0.2) is 18.5 Å². The minimum atomic E-state index is 0. The maximum Gasteiger partial charge on any atom is 0.124 e. The van der Waals surface area contributed by atoms with Crippen LogP contribution in [-0.4, -0.2) is 10.8 Å². The average molecular weight is 200 g/mol. The van der Waals surface area contributed by atoms with Crippen LogP contribution in [0.2, 0.25) is 0 Å². The van der Waals surface area contributed by atoms with Crippen molar-refractivity contribution in [2.45, 2.75) is 19.8 Å². The Balaban J connectivity index is 0.00000144. The number of hydrogen-bond donors (Lipinski definition) is 2. The third kappa shape index (κ3) is 2.70. The first kappa shape index (κ1) is 11.9. The highest BCUT2D eigenvalue weighted by Gasteiger charge is 2.07. The van der Waals surface area contributed by atoms with Gasteiger partial charge in [-0.05, 0) is 17.5 Å². The molecular formula is C9H14ClN3. The van der Waals surface area contributed by atoms with E-state index in [0.29, 0.717) is 5.92 Å². The van der Waals surface area contributed by atoms with E-state index in [1.165, 1.54) is 0 Å². The Hall–Kier alpha value is -1.09. The molecule has 4 heteroatoms. The molecule has 0 aliphatic heterocycles. The highest BCUT2D eigenvalue weighted by atomic mass is 35.5. The van der Waals surface area contributed by atoms with Crippen LogP contribution in [0, 0.1) is 5.41 Å². The van der Waals surface area contributed by atoms with Crippen molar-refractivity contribution in [3.63, 3.8) is 0 Å². The van der Waals surface area contributed by atoms with Gasteiger partial charge in [0.1, 0.15) is 5.84 Å². The molecule has 0 radical (unpaired) electrons. The Labute approximate surface area is 84.3 Å². The van der Waals surface area contributed by atoms with Gasteiger partial charge in [0.25, 0.3) is 0 Å². The Morgan fingerprint density at radius 3 is 2.54 bits per heavy atom. The van der Waals surface area contributed by atoms with Gasteiger partial charge in [0.2, 0.25) is 0 Å².